The zero-order valence-corrected chi connectivity index (χ0v) is 14.1. The normalized spacial score (nSPS) is 10.3. The Hall–Kier alpha value is -2.27. The second kappa shape index (κ2) is 8.39. The van der Waals surface area contributed by atoms with Crippen LogP contribution in [0, 0.1) is 0 Å². The van der Waals surface area contributed by atoms with Crippen LogP contribution in [0.4, 0.5) is 0 Å². The Bertz CT molecular complexity index is 666. The lowest BCUT2D eigenvalue weighted by molar-refractivity contribution is 0.0791. The van der Waals surface area contributed by atoms with Crippen molar-refractivity contribution in [2.24, 2.45) is 7.05 Å². The predicted octanol–water partition coefficient (Wildman–Crippen LogP) is 3.53. The van der Waals surface area contributed by atoms with Crippen molar-refractivity contribution in [1.29, 1.82) is 0 Å². The quantitative estimate of drug-likeness (QED) is 0.550. The number of benzene rings is 1. The summed E-state index contributed by atoms with van der Waals surface area (Å²) in [6.45, 7) is 8.41. The fourth-order valence-corrected chi connectivity index (χ4v) is 3.01. The SMILES string of the molecule is C=CCN(CC=C)C(=O)c1ccc(CSc2nccn2C)cc1. The molecule has 0 fully saturated rings. The molecule has 120 valence electrons. The van der Waals surface area contributed by atoms with Gasteiger partial charge in [-0.15, -0.1) is 13.2 Å². The van der Waals surface area contributed by atoms with Gasteiger partial charge < -0.3 is 9.47 Å². The van der Waals surface area contributed by atoms with E-state index in [4.69, 9.17) is 0 Å². The fraction of sp³-hybridized carbons (Fsp3) is 0.222. The average molecular weight is 327 g/mol. The van der Waals surface area contributed by atoms with Crippen LogP contribution in [-0.2, 0) is 12.8 Å². The molecule has 5 heteroatoms. The number of rotatable bonds is 8. The van der Waals surface area contributed by atoms with Crippen LogP contribution in [0.15, 0.2) is 67.1 Å². The van der Waals surface area contributed by atoms with Crippen molar-refractivity contribution >= 4 is 17.7 Å². The van der Waals surface area contributed by atoms with Gasteiger partial charge in [0.25, 0.3) is 5.91 Å². The largest absolute Gasteiger partial charge is 0.331 e. The van der Waals surface area contributed by atoms with Crippen LogP contribution in [0.25, 0.3) is 0 Å². The molecule has 0 saturated carbocycles. The number of hydrogen-bond acceptors (Lipinski definition) is 3. The van der Waals surface area contributed by atoms with E-state index in [1.54, 1.807) is 35.0 Å². The average Bonchev–Trinajstić information content (AvgIpc) is 2.98. The molecule has 0 atom stereocenters. The van der Waals surface area contributed by atoms with Crippen molar-refractivity contribution in [2.75, 3.05) is 13.1 Å². The van der Waals surface area contributed by atoms with E-state index in [0.29, 0.717) is 18.7 Å². The van der Waals surface area contributed by atoms with Crippen LogP contribution in [0.5, 0.6) is 0 Å². The van der Waals surface area contributed by atoms with E-state index >= 15 is 0 Å². The molecule has 0 unspecified atom stereocenters. The summed E-state index contributed by atoms with van der Waals surface area (Å²) in [6, 6.07) is 7.72. The predicted molar refractivity (Wildman–Crippen MR) is 95.5 cm³/mol. The molecule has 0 bridgehead atoms. The highest BCUT2D eigenvalue weighted by atomic mass is 32.2. The minimum Gasteiger partial charge on any atom is -0.331 e. The molecule has 1 aromatic carbocycles. The van der Waals surface area contributed by atoms with Gasteiger partial charge in [0.2, 0.25) is 0 Å². The Balaban J connectivity index is 2.00. The van der Waals surface area contributed by atoms with Crippen molar-refractivity contribution in [3.63, 3.8) is 0 Å². The molecule has 1 aromatic heterocycles. The summed E-state index contributed by atoms with van der Waals surface area (Å²) >= 11 is 1.67. The molecule has 1 amide bonds. The van der Waals surface area contributed by atoms with Crippen molar-refractivity contribution < 1.29 is 4.79 Å². The van der Waals surface area contributed by atoms with Crippen LogP contribution >= 0.6 is 11.8 Å². The van der Waals surface area contributed by atoms with Crippen LogP contribution in [0.2, 0.25) is 0 Å². The Morgan fingerprint density at radius 3 is 2.43 bits per heavy atom. The zero-order valence-electron chi connectivity index (χ0n) is 13.3. The first-order valence-electron chi connectivity index (χ1n) is 7.36. The first-order valence-corrected chi connectivity index (χ1v) is 8.34. The number of hydrogen-bond donors (Lipinski definition) is 0. The monoisotopic (exact) mass is 327 g/mol. The molecule has 2 rings (SSSR count). The maximum absolute atomic E-state index is 12.4. The standard InChI is InChI=1S/C18H21N3OS/c1-4-11-21(12-5-2)17(22)16-8-6-15(7-9-16)14-23-18-19-10-13-20(18)3/h4-10,13H,1-2,11-12,14H2,3H3. The molecule has 0 aliphatic heterocycles. The highest BCUT2D eigenvalue weighted by Crippen LogP contribution is 2.20. The third-order valence-corrected chi connectivity index (χ3v) is 4.46. The highest BCUT2D eigenvalue weighted by molar-refractivity contribution is 7.98. The minimum absolute atomic E-state index is 0.00638. The van der Waals surface area contributed by atoms with Gasteiger partial charge in [-0.3, -0.25) is 4.79 Å². The van der Waals surface area contributed by atoms with Crippen LogP contribution in [0.1, 0.15) is 15.9 Å². The van der Waals surface area contributed by atoms with Gasteiger partial charge in [0.05, 0.1) is 0 Å². The summed E-state index contributed by atoms with van der Waals surface area (Å²) in [7, 11) is 1.98. The van der Waals surface area contributed by atoms with Gasteiger partial charge in [-0.2, -0.15) is 0 Å². The molecule has 0 N–H and O–H groups in total. The fourth-order valence-electron chi connectivity index (χ4n) is 2.12. The van der Waals surface area contributed by atoms with E-state index in [-0.39, 0.29) is 5.91 Å². The Kier molecular flexibility index (Phi) is 6.23. The maximum Gasteiger partial charge on any atom is 0.254 e. The number of amides is 1. The number of aryl methyl sites for hydroxylation is 1. The summed E-state index contributed by atoms with van der Waals surface area (Å²) in [5.41, 5.74) is 1.84. The van der Waals surface area contributed by atoms with Crippen LogP contribution in [-0.4, -0.2) is 33.4 Å². The van der Waals surface area contributed by atoms with E-state index in [1.165, 1.54) is 0 Å². The molecule has 23 heavy (non-hydrogen) atoms. The molecule has 0 radical (unpaired) electrons. The van der Waals surface area contributed by atoms with E-state index in [1.807, 2.05) is 42.1 Å². The number of aromatic nitrogens is 2. The van der Waals surface area contributed by atoms with Gasteiger partial charge in [0.15, 0.2) is 5.16 Å². The zero-order chi connectivity index (χ0) is 16.7. The lowest BCUT2D eigenvalue weighted by Gasteiger charge is -2.19. The van der Waals surface area contributed by atoms with Gasteiger partial charge in [-0.05, 0) is 17.7 Å². The van der Waals surface area contributed by atoms with Gasteiger partial charge in [0.1, 0.15) is 0 Å². The lowest BCUT2D eigenvalue weighted by Crippen LogP contribution is -2.31. The van der Waals surface area contributed by atoms with Gasteiger partial charge in [0, 0.05) is 43.8 Å². The molecular weight excluding hydrogens is 306 g/mol. The van der Waals surface area contributed by atoms with Crippen molar-refractivity contribution in [1.82, 2.24) is 14.5 Å². The summed E-state index contributed by atoms with van der Waals surface area (Å²) in [4.78, 5) is 18.4. The first kappa shape index (κ1) is 17.1. The summed E-state index contributed by atoms with van der Waals surface area (Å²) in [5.74, 6) is 0.815. The molecule has 0 aliphatic rings. The van der Waals surface area contributed by atoms with E-state index in [9.17, 15) is 4.79 Å². The second-order valence-electron chi connectivity index (χ2n) is 5.09. The lowest BCUT2D eigenvalue weighted by atomic mass is 10.1. The van der Waals surface area contributed by atoms with Crippen molar-refractivity contribution in [3.05, 3.63) is 73.1 Å². The highest BCUT2D eigenvalue weighted by Gasteiger charge is 2.13. The Morgan fingerprint density at radius 1 is 1.26 bits per heavy atom. The van der Waals surface area contributed by atoms with Gasteiger partial charge >= 0.3 is 0 Å². The number of imidazole rings is 1. The van der Waals surface area contributed by atoms with Crippen LogP contribution < -0.4 is 0 Å². The molecule has 0 aliphatic carbocycles. The topological polar surface area (TPSA) is 38.1 Å². The molecule has 1 heterocycles. The molecule has 2 aromatic rings. The third kappa shape index (κ3) is 4.60. The molecular formula is C18H21N3OS. The van der Waals surface area contributed by atoms with Crippen molar-refractivity contribution in [3.8, 4) is 0 Å². The van der Waals surface area contributed by atoms with E-state index < -0.39 is 0 Å². The van der Waals surface area contributed by atoms with E-state index in [0.717, 1.165) is 16.5 Å². The summed E-state index contributed by atoms with van der Waals surface area (Å²) < 4.78 is 1.99. The minimum atomic E-state index is -0.00638. The Morgan fingerprint density at radius 2 is 1.91 bits per heavy atom. The summed E-state index contributed by atoms with van der Waals surface area (Å²) in [5, 5.41) is 0.980. The van der Waals surface area contributed by atoms with Gasteiger partial charge in [-0.25, -0.2) is 4.98 Å². The summed E-state index contributed by atoms with van der Waals surface area (Å²) in [6.07, 6.45) is 7.16. The molecule has 4 nitrogen and oxygen atoms in total. The van der Waals surface area contributed by atoms with Crippen LogP contribution in [0.3, 0.4) is 0 Å². The molecule has 0 saturated heterocycles. The second-order valence-corrected chi connectivity index (χ2v) is 6.04. The number of thioether (sulfide) groups is 1. The first-order chi connectivity index (χ1) is 11.2. The number of carbonyl (C=O) groups is 1. The van der Waals surface area contributed by atoms with Gasteiger partial charge in [-0.1, -0.05) is 36.0 Å². The smallest absolute Gasteiger partial charge is 0.254 e. The number of carbonyl (C=O) groups excluding carboxylic acids is 1. The molecule has 0 spiro atoms. The number of nitrogens with zero attached hydrogens (tertiary/aromatic N) is 3. The maximum atomic E-state index is 12.4. The van der Waals surface area contributed by atoms with E-state index in [2.05, 4.69) is 18.1 Å². The Labute approximate surface area is 141 Å². The van der Waals surface area contributed by atoms with Crippen molar-refractivity contribution in [2.45, 2.75) is 10.9 Å². The third-order valence-electron chi connectivity index (χ3n) is 3.33.